The van der Waals surface area contributed by atoms with E-state index in [0.29, 0.717) is 10.0 Å². The van der Waals surface area contributed by atoms with Crippen LogP contribution in [-0.4, -0.2) is 11.2 Å². The Labute approximate surface area is 100 Å². The summed E-state index contributed by atoms with van der Waals surface area (Å²) < 4.78 is 0. The summed E-state index contributed by atoms with van der Waals surface area (Å²) in [5.74, 6) is 5.72. The molecule has 0 saturated carbocycles. The zero-order valence-electron chi connectivity index (χ0n) is 8.59. The second kappa shape index (κ2) is 5.42. The quantitative estimate of drug-likeness (QED) is 0.750. The molecule has 0 spiro atoms. The first kappa shape index (κ1) is 12.4. The van der Waals surface area contributed by atoms with E-state index in [1.165, 1.54) is 0 Å². The number of halogens is 2. The molecule has 1 rings (SSSR count). The summed E-state index contributed by atoms with van der Waals surface area (Å²) in [4.78, 5) is 0. The van der Waals surface area contributed by atoms with Crippen LogP contribution in [0.5, 0.6) is 0 Å². The van der Waals surface area contributed by atoms with Gasteiger partial charge in [-0.25, -0.2) is 0 Å². The van der Waals surface area contributed by atoms with Crippen molar-refractivity contribution in [2.24, 2.45) is 5.92 Å². The number of rotatable bonds is 1. The first-order valence-corrected chi connectivity index (χ1v) is 5.41. The van der Waals surface area contributed by atoms with Crippen LogP contribution in [0.1, 0.15) is 19.4 Å². The highest BCUT2D eigenvalue weighted by Crippen LogP contribution is 2.22. The highest BCUT2D eigenvalue weighted by atomic mass is 35.5. The summed E-state index contributed by atoms with van der Waals surface area (Å²) in [6.45, 7) is 3.82. The Balaban J connectivity index is 2.85. The van der Waals surface area contributed by atoms with Crippen LogP contribution in [0.2, 0.25) is 10.0 Å². The standard InChI is InChI=1S/C12H12Cl2O/c1-8(2)12(15)6-4-9-3-5-10(13)11(14)7-9/h3,5,7-8,12,15H,1-2H3. The highest BCUT2D eigenvalue weighted by Gasteiger charge is 2.03. The molecule has 15 heavy (non-hydrogen) atoms. The van der Waals surface area contributed by atoms with Crippen LogP contribution in [0.15, 0.2) is 18.2 Å². The van der Waals surface area contributed by atoms with Crippen LogP contribution in [0.25, 0.3) is 0 Å². The van der Waals surface area contributed by atoms with E-state index in [-0.39, 0.29) is 5.92 Å². The van der Waals surface area contributed by atoms with Crippen molar-refractivity contribution >= 4 is 23.2 Å². The van der Waals surface area contributed by atoms with Crippen LogP contribution in [0.4, 0.5) is 0 Å². The first-order chi connectivity index (χ1) is 7.00. The van der Waals surface area contributed by atoms with Crippen LogP contribution in [-0.2, 0) is 0 Å². The zero-order chi connectivity index (χ0) is 11.4. The lowest BCUT2D eigenvalue weighted by Crippen LogP contribution is -2.11. The van der Waals surface area contributed by atoms with Gasteiger partial charge in [0.1, 0.15) is 6.10 Å². The van der Waals surface area contributed by atoms with Crippen molar-refractivity contribution in [3.63, 3.8) is 0 Å². The van der Waals surface area contributed by atoms with Gasteiger partial charge < -0.3 is 5.11 Å². The van der Waals surface area contributed by atoms with Gasteiger partial charge in [0.05, 0.1) is 10.0 Å². The molecule has 1 nitrogen and oxygen atoms in total. The Hall–Kier alpha value is -0.680. The molecule has 0 saturated heterocycles. The predicted octanol–water partition coefficient (Wildman–Crippen LogP) is 3.36. The maximum absolute atomic E-state index is 9.48. The van der Waals surface area contributed by atoms with Gasteiger partial charge in [0, 0.05) is 5.56 Å². The van der Waals surface area contributed by atoms with Crippen molar-refractivity contribution < 1.29 is 5.11 Å². The van der Waals surface area contributed by atoms with Crippen LogP contribution >= 0.6 is 23.2 Å². The normalized spacial score (nSPS) is 12.1. The SMILES string of the molecule is CC(C)C(O)C#Cc1ccc(Cl)c(Cl)c1. The molecule has 3 heteroatoms. The largest absolute Gasteiger partial charge is 0.380 e. The molecular weight excluding hydrogens is 231 g/mol. The molecule has 0 heterocycles. The minimum absolute atomic E-state index is 0.125. The number of hydrogen-bond donors (Lipinski definition) is 1. The molecule has 0 amide bonds. The molecule has 0 bridgehead atoms. The van der Waals surface area contributed by atoms with Crippen molar-refractivity contribution in [1.29, 1.82) is 0 Å². The summed E-state index contributed by atoms with van der Waals surface area (Å²) in [5.41, 5.74) is 0.754. The fraction of sp³-hybridized carbons (Fsp3) is 0.333. The second-order valence-corrected chi connectivity index (χ2v) is 4.40. The zero-order valence-corrected chi connectivity index (χ0v) is 10.1. The van der Waals surface area contributed by atoms with E-state index in [1.807, 2.05) is 13.8 Å². The Morgan fingerprint density at radius 3 is 2.40 bits per heavy atom. The van der Waals surface area contributed by atoms with Gasteiger partial charge in [-0.05, 0) is 24.1 Å². The summed E-state index contributed by atoms with van der Waals surface area (Å²) in [7, 11) is 0. The summed E-state index contributed by atoms with van der Waals surface area (Å²) in [6.07, 6.45) is -0.612. The summed E-state index contributed by atoms with van der Waals surface area (Å²) in [5, 5.41) is 10.5. The predicted molar refractivity (Wildman–Crippen MR) is 64.2 cm³/mol. The Bertz CT molecular complexity index is 402. The number of aliphatic hydroxyl groups excluding tert-OH is 1. The number of aliphatic hydroxyl groups is 1. The third-order valence-electron chi connectivity index (χ3n) is 1.92. The van der Waals surface area contributed by atoms with Crippen LogP contribution in [0.3, 0.4) is 0 Å². The van der Waals surface area contributed by atoms with E-state index in [1.54, 1.807) is 18.2 Å². The monoisotopic (exact) mass is 242 g/mol. The minimum Gasteiger partial charge on any atom is -0.380 e. The third-order valence-corrected chi connectivity index (χ3v) is 2.65. The lowest BCUT2D eigenvalue weighted by molar-refractivity contribution is 0.181. The van der Waals surface area contributed by atoms with Gasteiger partial charge in [-0.1, -0.05) is 48.9 Å². The van der Waals surface area contributed by atoms with Gasteiger partial charge >= 0.3 is 0 Å². The lowest BCUT2D eigenvalue weighted by atomic mass is 10.1. The van der Waals surface area contributed by atoms with E-state index in [4.69, 9.17) is 23.2 Å². The molecule has 0 radical (unpaired) electrons. The molecule has 80 valence electrons. The van der Waals surface area contributed by atoms with Gasteiger partial charge in [0.2, 0.25) is 0 Å². The average Bonchev–Trinajstić information content (AvgIpc) is 2.19. The van der Waals surface area contributed by atoms with E-state index in [9.17, 15) is 5.11 Å². The molecule has 1 aromatic rings. The molecule has 1 atom stereocenters. The van der Waals surface area contributed by atoms with Crippen molar-refractivity contribution in [2.75, 3.05) is 0 Å². The van der Waals surface area contributed by atoms with E-state index >= 15 is 0 Å². The average molecular weight is 243 g/mol. The lowest BCUT2D eigenvalue weighted by Gasteiger charge is -2.05. The molecule has 0 aromatic heterocycles. The number of hydrogen-bond acceptors (Lipinski definition) is 1. The molecule has 0 fully saturated rings. The first-order valence-electron chi connectivity index (χ1n) is 4.65. The van der Waals surface area contributed by atoms with Crippen LogP contribution < -0.4 is 0 Å². The molecule has 0 aliphatic carbocycles. The van der Waals surface area contributed by atoms with Crippen molar-refractivity contribution in [3.8, 4) is 11.8 Å². The van der Waals surface area contributed by atoms with E-state index < -0.39 is 6.10 Å². The van der Waals surface area contributed by atoms with Gasteiger partial charge in [0.15, 0.2) is 0 Å². The molecule has 1 unspecified atom stereocenters. The summed E-state index contributed by atoms with van der Waals surface area (Å²) in [6, 6.07) is 5.15. The Morgan fingerprint density at radius 2 is 1.87 bits per heavy atom. The van der Waals surface area contributed by atoms with Gasteiger partial charge in [-0.3, -0.25) is 0 Å². The van der Waals surface area contributed by atoms with E-state index in [0.717, 1.165) is 5.56 Å². The topological polar surface area (TPSA) is 20.2 Å². The smallest absolute Gasteiger partial charge is 0.117 e. The van der Waals surface area contributed by atoms with E-state index in [2.05, 4.69) is 11.8 Å². The molecular formula is C12H12Cl2O. The summed E-state index contributed by atoms with van der Waals surface area (Å²) >= 11 is 11.6. The Morgan fingerprint density at radius 1 is 1.20 bits per heavy atom. The molecule has 1 N–H and O–H groups in total. The van der Waals surface area contributed by atoms with Gasteiger partial charge in [-0.2, -0.15) is 0 Å². The van der Waals surface area contributed by atoms with Gasteiger partial charge in [0.25, 0.3) is 0 Å². The van der Waals surface area contributed by atoms with Crippen molar-refractivity contribution in [1.82, 2.24) is 0 Å². The molecule has 1 aromatic carbocycles. The molecule has 0 aliphatic rings. The maximum Gasteiger partial charge on any atom is 0.117 e. The van der Waals surface area contributed by atoms with Crippen molar-refractivity contribution in [2.45, 2.75) is 20.0 Å². The van der Waals surface area contributed by atoms with Crippen LogP contribution in [0, 0.1) is 17.8 Å². The third kappa shape index (κ3) is 3.76. The Kier molecular flexibility index (Phi) is 4.47. The fourth-order valence-electron chi connectivity index (χ4n) is 0.898. The molecule has 0 aliphatic heterocycles. The second-order valence-electron chi connectivity index (χ2n) is 3.59. The highest BCUT2D eigenvalue weighted by molar-refractivity contribution is 6.42. The fourth-order valence-corrected chi connectivity index (χ4v) is 1.20. The van der Waals surface area contributed by atoms with Gasteiger partial charge in [-0.15, -0.1) is 0 Å². The maximum atomic E-state index is 9.48. The minimum atomic E-state index is -0.612. The van der Waals surface area contributed by atoms with Crippen molar-refractivity contribution in [3.05, 3.63) is 33.8 Å². The number of benzene rings is 1.